The minimum Gasteiger partial charge on any atom is -0.493 e. The van der Waals surface area contributed by atoms with Gasteiger partial charge >= 0.3 is 6.03 Å². The van der Waals surface area contributed by atoms with Crippen LogP contribution in [0, 0.1) is 0 Å². The second-order valence-electron chi connectivity index (χ2n) is 5.73. The summed E-state index contributed by atoms with van der Waals surface area (Å²) in [6.07, 6.45) is 0. The molecule has 2 rings (SSSR count). The van der Waals surface area contributed by atoms with Crippen LogP contribution in [-0.4, -0.2) is 37.5 Å². The zero-order valence-corrected chi connectivity index (χ0v) is 14.9. The summed E-state index contributed by atoms with van der Waals surface area (Å²) in [6.45, 7) is 0.651. The number of urea groups is 1. The minimum atomic E-state index is -0.651. The van der Waals surface area contributed by atoms with E-state index in [9.17, 15) is 9.59 Å². The quantitative estimate of drug-likeness (QED) is 0.754. The number of nitrogens with one attached hydrogen (secondary N) is 1. The average Bonchev–Trinajstić information content (AvgIpc) is 2.65. The van der Waals surface area contributed by atoms with Crippen LogP contribution in [-0.2, 0) is 17.9 Å². The fourth-order valence-electron chi connectivity index (χ4n) is 2.23. The molecule has 7 heteroatoms. The van der Waals surface area contributed by atoms with Gasteiger partial charge in [-0.05, 0) is 23.3 Å². The lowest BCUT2D eigenvalue weighted by atomic mass is 10.2. The smallest absolute Gasteiger partial charge is 0.314 e. The first-order chi connectivity index (χ1) is 12.5. The maximum Gasteiger partial charge on any atom is 0.314 e. The molecular formula is C19H23N3O4. The normalized spacial score (nSPS) is 10.1. The molecule has 0 aliphatic heterocycles. The molecule has 7 nitrogen and oxygen atoms in total. The van der Waals surface area contributed by atoms with Crippen LogP contribution in [0.15, 0.2) is 48.5 Å². The van der Waals surface area contributed by atoms with Crippen molar-refractivity contribution in [3.63, 3.8) is 0 Å². The van der Waals surface area contributed by atoms with Gasteiger partial charge in [-0.15, -0.1) is 0 Å². The summed E-state index contributed by atoms with van der Waals surface area (Å²) in [5, 5.41) is 2.73. The summed E-state index contributed by atoms with van der Waals surface area (Å²) in [7, 11) is 3.03. The molecular weight excluding hydrogens is 334 g/mol. The molecule has 3 amide bonds. The SMILES string of the molecule is COc1cc(CNC(=O)CN(C)C(N)=O)ccc1OCc1ccccc1. The van der Waals surface area contributed by atoms with Crippen molar-refractivity contribution in [3.05, 3.63) is 59.7 Å². The van der Waals surface area contributed by atoms with Gasteiger partial charge in [0.1, 0.15) is 13.2 Å². The van der Waals surface area contributed by atoms with Gasteiger partial charge in [0.2, 0.25) is 5.91 Å². The van der Waals surface area contributed by atoms with Gasteiger partial charge in [-0.3, -0.25) is 4.79 Å². The van der Waals surface area contributed by atoms with Crippen LogP contribution >= 0.6 is 0 Å². The second kappa shape index (κ2) is 9.31. The van der Waals surface area contributed by atoms with Crippen LogP contribution in [0.1, 0.15) is 11.1 Å². The van der Waals surface area contributed by atoms with E-state index in [1.54, 1.807) is 19.2 Å². The number of rotatable bonds is 8. The van der Waals surface area contributed by atoms with E-state index >= 15 is 0 Å². The van der Waals surface area contributed by atoms with Crippen LogP contribution in [0.5, 0.6) is 11.5 Å². The molecule has 0 atom stereocenters. The maximum atomic E-state index is 11.8. The van der Waals surface area contributed by atoms with E-state index in [0.717, 1.165) is 16.0 Å². The molecule has 3 N–H and O–H groups in total. The van der Waals surface area contributed by atoms with Crippen molar-refractivity contribution in [2.75, 3.05) is 20.7 Å². The third-order valence-electron chi connectivity index (χ3n) is 3.71. The fourth-order valence-corrected chi connectivity index (χ4v) is 2.23. The molecule has 0 unspecified atom stereocenters. The van der Waals surface area contributed by atoms with Crippen molar-refractivity contribution in [3.8, 4) is 11.5 Å². The molecule has 2 aromatic carbocycles. The number of benzene rings is 2. The predicted molar refractivity (Wildman–Crippen MR) is 97.8 cm³/mol. The van der Waals surface area contributed by atoms with Gasteiger partial charge in [0.25, 0.3) is 0 Å². The Kier molecular flexibility index (Phi) is 6.84. The number of primary amides is 1. The third kappa shape index (κ3) is 5.70. The number of carbonyl (C=O) groups is 2. The van der Waals surface area contributed by atoms with Crippen LogP contribution in [0.2, 0.25) is 0 Å². The Labute approximate surface area is 152 Å². The highest BCUT2D eigenvalue weighted by Gasteiger charge is 2.10. The summed E-state index contributed by atoms with van der Waals surface area (Å²) in [5.74, 6) is 0.913. The highest BCUT2D eigenvalue weighted by molar-refractivity contribution is 5.83. The summed E-state index contributed by atoms with van der Waals surface area (Å²) >= 11 is 0. The van der Waals surface area contributed by atoms with Crippen molar-refractivity contribution in [1.82, 2.24) is 10.2 Å². The number of likely N-dealkylation sites (N-methyl/N-ethyl adjacent to an activating group) is 1. The number of ether oxygens (including phenoxy) is 2. The van der Waals surface area contributed by atoms with Crippen molar-refractivity contribution >= 4 is 11.9 Å². The lowest BCUT2D eigenvalue weighted by molar-refractivity contribution is -0.121. The van der Waals surface area contributed by atoms with E-state index in [1.165, 1.54) is 7.05 Å². The summed E-state index contributed by atoms with van der Waals surface area (Å²) < 4.78 is 11.2. The summed E-state index contributed by atoms with van der Waals surface area (Å²) in [6, 6.07) is 14.6. The van der Waals surface area contributed by atoms with Gasteiger partial charge in [-0.1, -0.05) is 36.4 Å². The minimum absolute atomic E-state index is 0.0925. The number of hydrogen-bond acceptors (Lipinski definition) is 4. The van der Waals surface area contributed by atoms with Crippen molar-refractivity contribution < 1.29 is 19.1 Å². The first kappa shape index (κ1) is 19.1. The van der Waals surface area contributed by atoms with Crippen molar-refractivity contribution in [2.45, 2.75) is 13.2 Å². The van der Waals surface area contributed by atoms with E-state index in [0.29, 0.717) is 24.7 Å². The molecule has 0 saturated heterocycles. The standard InChI is InChI=1S/C19H23N3O4/c1-22(19(20)24)12-18(23)21-11-15-8-9-16(17(10-15)25-2)26-13-14-6-4-3-5-7-14/h3-10H,11-13H2,1-2H3,(H2,20,24)(H,21,23). The number of methoxy groups -OCH3 is 1. The second-order valence-corrected chi connectivity index (χ2v) is 5.73. The molecule has 0 spiro atoms. The molecule has 26 heavy (non-hydrogen) atoms. The lowest BCUT2D eigenvalue weighted by Crippen LogP contribution is -2.40. The Balaban J connectivity index is 1.93. The molecule has 0 aromatic heterocycles. The number of carbonyl (C=O) groups excluding carboxylic acids is 2. The first-order valence-corrected chi connectivity index (χ1v) is 8.10. The molecule has 0 bridgehead atoms. The van der Waals surface area contributed by atoms with E-state index in [-0.39, 0.29) is 12.5 Å². The molecule has 0 aliphatic rings. The van der Waals surface area contributed by atoms with Crippen LogP contribution in [0.3, 0.4) is 0 Å². The monoisotopic (exact) mass is 357 g/mol. The molecule has 0 radical (unpaired) electrons. The Morgan fingerprint density at radius 1 is 1.08 bits per heavy atom. The van der Waals surface area contributed by atoms with Gasteiger partial charge in [0.05, 0.1) is 7.11 Å². The van der Waals surface area contributed by atoms with Gasteiger partial charge in [0, 0.05) is 13.6 Å². The van der Waals surface area contributed by atoms with Gasteiger partial charge < -0.3 is 25.4 Å². The number of nitrogens with zero attached hydrogens (tertiary/aromatic N) is 1. The first-order valence-electron chi connectivity index (χ1n) is 8.10. The molecule has 138 valence electrons. The zero-order valence-electron chi connectivity index (χ0n) is 14.9. The molecule has 0 fully saturated rings. The van der Waals surface area contributed by atoms with E-state index < -0.39 is 6.03 Å². The fraction of sp³-hybridized carbons (Fsp3) is 0.263. The highest BCUT2D eigenvalue weighted by atomic mass is 16.5. The topological polar surface area (TPSA) is 93.9 Å². The number of amides is 3. The molecule has 0 heterocycles. The Morgan fingerprint density at radius 2 is 1.81 bits per heavy atom. The van der Waals surface area contributed by atoms with Crippen molar-refractivity contribution in [2.24, 2.45) is 5.73 Å². The van der Waals surface area contributed by atoms with Crippen molar-refractivity contribution in [1.29, 1.82) is 0 Å². The largest absolute Gasteiger partial charge is 0.493 e. The third-order valence-corrected chi connectivity index (χ3v) is 3.71. The van der Waals surface area contributed by atoms with Gasteiger partial charge in [-0.2, -0.15) is 0 Å². The van der Waals surface area contributed by atoms with Crippen LogP contribution < -0.4 is 20.5 Å². The zero-order chi connectivity index (χ0) is 18.9. The van der Waals surface area contributed by atoms with E-state index in [1.807, 2.05) is 36.4 Å². The summed E-state index contributed by atoms with van der Waals surface area (Å²) in [5.41, 5.74) is 7.00. The van der Waals surface area contributed by atoms with Crippen LogP contribution in [0.25, 0.3) is 0 Å². The predicted octanol–water partition coefficient (Wildman–Crippen LogP) is 1.90. The number of nitrogens with two attached hydrogens (primary N) is 1. The molecule has 0 saturated carbocycles. The Hall–Kier alpha value is -3.22. The number of hydrogen-bond donors (Lipinski definition) is 2. The Bertz CT molecular complexity index is 750. The highest BCUT2D eigenvalue weighted by Crippen LogP contribution is 2.28. The van der Waals surface area contributed by atoms with Gasteiger partial charge in [-0.25, -0.2) is 4.79 Å². The lowest BCUT2D eigenvalue weighted by Gasteiger charge is -2.15. The summed E-state index contributed by atoms with van der Waals surface area (Å²) in [4.78, 5) is 23.9. The maximum absolute atomic E-state index is 11.8. The molecule has 2 aromatic rings. The van der Waals surface area contributed by atoms with Gasteiger partial charge in [0.15, 0.2) is 11.5 Å². The van der Waals surface area contributed by atoms with Crippen LogP contribution in [0.4, 0.5) is 4.79 Å². The van der Waals surface area contributed by atoms with E-state index in [2.05, 4.69) is 5.32 Å². The molecule has 0 aliphatic carbocycles. The average molecular weight is 357 g/mol. The Morgan fingerprint density at radius 3 is 2.46 bits per heavy atom. The van der Waals surface area contributed by atoms with E-state index in [4.69, 9.17) is 15.2 Å².